The van der Waals surface area contributed by atoms with Crippen LogP contribution in [0.3, 0.4) is 0 Å². The van der Waals surface area contributed by atoms with Crippen LogP contribution in [-0.4, -0.2) is 17.1 Å². The van der Waals surface area contributed by atoms with E-state index >= 15 is 0 Å². The van der Waals surface area contributed by atoms with Gasteiger partial charge < -0.3 is 10.0 Å². The first kappa shape index (κ1) is 14.5. The molecule has 1 fully saturated rings. The molecule has 0 spiro atoms. The monoisotopic (exact) mass is 293 g/mol. The molecule has 1 unspecified atom stereocenters. The van der Waals surface area contributed by atoms with Crippen LogP contribution in [0.25, 0.3) is 0 Å². The van der Waals surface area contributed by atoms with E-state index in [-0.39, 0.29) is 11.9 Å². The van der Waals surface area contributed by atoms with Crippen molar-refractivity contribution in [1.82, 2.24) is 0 Å². The van der Waals surface area contributed by atoms with Gasteiger partial charge in [0, 0.05) is 5.69 Å². The Morgan fingerprint density at radius 1 is 1.14 bits per heavy atom. The first-order valence-electron chi connectivity index (χ1n) is 7.38. The molecule has 1 N–H and O–H groups in total. The van der Waals surface area contributed by atoms with E-state index in [2.05, 4.69) is 6.58 Å². The molecule has 112 valence electrons. The standard InChI is InChI=1S/C19H19NO2/c1-3-19(14(2)21)17(15-10-6-4-7-11-15)20(18(19)22)16-12-8-5-9-13-16/h3-14,17,21H,1H2,2H3/t14?,17-,19-/m0/s1. The topological polar surface area (TPSA) is 40.5 Å². The maximum absolute atomic E-state index is 12.8. The van der Waals surface area contributed by atoms with Crippen LogP contribution < -0.4 is 4.90 Å². The van der Waals surface area contributed by atoms with Crippen molar-refractivity contribution in [3.05, 3.63) is 78.9 Å². The lowest BCUT2D eigenvalue weighted by molar-refractivity contribution is -0.144. The zero-order valence-electron chi connectivity index (χ0n) is 12.5. The number of carbonyl (C=O) groups is 1. The van der Waals surface area contributed by atoms with Crippen molar-refractivity contribution < 1.29 is 9.90 Å². The van der Waals surface area contributed by atoms with Gasteiger partial charge >= 0.3 is 0 Å². The third kappa shape index (κ3) is 1.90. The summed E-state index contributed by atoms with van der Waals surface area (Å²) in [5, 5.41) is 10.3. The third-order valence-corrected chi connectivity index (χ3v) is 4.48. The van der Waals surface area contributed by atoms with Gasteiger partial charge in [0.25, 0.3) is 0 Å². The number of benzene rings is 2. The smallest absolute Gasteiger partial charge is 0.242 e. The number of rotatable bonds is 4. The lowest BCUT2D eigenvalue weighted by atomic mass is 9.64. The fourth-order valence-electron chi connectivity index (χ4n) is 3.28. The number of amides is 1. The molecule has 22 heavy (non-hydrogen) atoms. The minimum atomic E-state index is -0.975. The van der Waals surface area contributed by atoms with Gasteiger partial charge in [0.05, 0.1) is 12.1 Å². The highest BCUT2D eigenvalue weighted by atomic mass is 16.3. The maximum Gasteiger partial charge on any atom is 0.242 e. The molecule has 2 aromatic rings. The summed E-state index contributed by atoms with van der Waals surface area (Å²) in [6.07, 6.45) is 0.791. The number of aliphatic hydroxyl groups is 1. The summed E-state index contributed by atoms with van der Waals surface area (Å²) in [6.45, 7) is 5.47. The molecule has 3 heteroatoms. The predicted molar refractivity (Wildman–Crippen MR) is 87.4 cm³/mol. The van der Waals surface area contributed by atoms with E-state index < -0.39 is 11.5 Å². The van der Waals surface area contributed by atoms with Crippen LogP contribution in [0.4, 0.5) is 5.69 Å². The van der Waals surface area contributed by atoms with Crippen LogP contribution in [0.1, 0.15) is 18.5 Å². The fourth-order valence-corrected chi connectivity index (χ4v) is 3.28. The van der Waals surface area contributed by atoms with E-state index in [0.717, 1.165) is 11.3 Å². The molecule has 1 amide bonds. The number of carbonyl (C=O) groups excluding carboxylic acids is 1. The zero-order chi connectivity index (χ0) is 15.7. The fraction of sp³-hybridized carbons (Fsp3) is 0.211. The Kier molecular flexibility index (Phi) is 3.59. The maximum atomic E-state index is 12.8. The Hall–Kier alpha value is -2.39. The van der Waals surface area contributed by atoms with Crippen molar-refractivity contribution in [2.75, 3.05) is 4.90 Å². The Morgan fingerprint density at radius 3 is 2.18 bits per heavy atom. The van der Waals surface area contributed by atoms with E-state index in [0.29, 0.717) is 0 Å². The molecular weight excluding hydrogens is 274 g/mol. The highest BCUT2D eigenvalue weighted by Gasteiger charge is 2.62. The van der Waals surface area contributed by atoms with Gasteiger partial charge in [0.1, 0.15) is 5.41 Å². The molecule has 1 aliphatic rings. The third-order valence-electron chi connectivity index (χ3n) is 4.48. The number of hydrogen-bond acceptors (Lipinski definition) is 2. The molecule has 3 nitrogen and oxygen atoms in total. The number of β-lactam (4-membered cyclic amide) rings is 1. The summed E-state index contributed by atoms with van der Waals surface area (Å²) in [6, 6.07) is 19.1. The summed E-state index contributed by atoms with van der Waals surface area (Å²) < 4.78 is 0. The summed E-state index contributed by atoms with van der Waals surface area (Å²) in [4.78, 5) is 14.6. The van der Waals surface area contributed by atoms with Gasteiger partial charge in [0.15, 0.2) is 0 Å². The number of para-hydroxylation sites is 1. The second-order valence-corrected chi connectivity index (χ2v) is 5.64. The summed E-state index contributed by atoms with van der Waals surface area (Å²) in [5.41, 5.74) is 0.850. The van der Waals surface area contributed by atoms with Crippen molar-refractivity contribution in [2.45, 2.75) is 19.1 Å². The summed E-state index contributed by atoms with van der Waals surface area (Å²) in [7, 11) is 0. The van der Waals surface area contributed by atoms with Gasteiger partial charge in [-0.15, -0.1) is 6.58 Å². The minimum absolute atomic E-state index is 0.113. The molecule has 1 heterocycles. The van der Waals surface area contributed by atoms with Gasteiger partial charge in [0.2, 0.25) is 5.91 Å². The zero-order valence-corrected chi connectivity index (χ0v) is 12.5. The van der Waals surface area contributed by atoms with Crippen LogP contribution in [0, 0.1) is 5.41 Å². The molecule has 1 saturated heterocycles. The van der Waals surface area contributed by atoms with Gasteiger partial charge in [-0.05, 0) is 24.6 Å². The Labute approximate surface area is 130 Å². The summed E-state index contributed by atoms with van der Waals surface area (Å²) >= 11 is 0. The average Bonchev–Trinajstić information content (AvgIpc) is 2.55. The van der Waals surface area contributed by atoms with Crippen molar-refractivity contribution in [3.8, 4) is 0 Å². The van der Waals surface area contributed by atoms with Crippen LogP contribution in [-0.2, 0) is 4.79 Å². The Balaban J connectivity index is 2.12. The van der Waals surface area contributed by atoms with E-state index in [1.54, 1.807) is 17.9 Å². The Bertz CT molecular complexity index is 681. The molecule has 3 rings (SSSR count). The van der Waals surface area contributed by atoms with Gasteiger partial charge in [-0.2, -0.15) is 0 Å². The van der Waals surface area contributed by atoms with Crippen LogP contribution >= 0.6 is 0 Å². The molecule has 0 bridgehead atoms. The lowest BCUT2D eigenvalue weighted by Crippen LogP contribution is -2.67. The molecule has 0 aliphatic carbocycles. The number of anilines is 1. The number of aliphatic hydroxyl groups excluding tert-OH is 1. The van der Waals surface area contributed by atoms with Gasteiger partial charge in [-0.3, -0.25) is 4.79 Å². The number of nitrogens with zero attached hydrogens (tertiary/aromatic N) is 1. The lowest BCUT2D eigenvalue weighted by Gasteiger charge is -2.56. The molecule has 1 aliphatic heterocycles. The molecule has 0 saturated carbocycles. The van der Waals surface area contributed by atoms with E-state index in [1.807, 2.05) is 60.7 Å². The molecule has 0 radical (unpaired) electrons. The SMILES string of the molecule is C=C[C@@]1(C(C)O)C(=O)N(c2ccccc2)[C@H]1c1ccccc1. The van der Waals surface area contributed by atoms with E-state index in [4.69, 9.17) is 0 Å². The van der Waals surface area contributed by atoms with E-state index in [1.165, 1.54) is 0 Å². The minimum Gasteiger partial charge on any atom is -0.392 e. The highest BCUT2D eigenvalue weighted by molar-refractivity contribution is 6.08. The first-order valence-corrected chi connectivity index (χ1v) is 7.38. The quantitative estimate of drug-likeness (QED) is 0.694. The summed E-state index contributed by atoms with van der Waals surface area (Å²) in [5.74, 6) is -0.113. The van der Waals surface area contributed by atoms with Crippen molar-refractivity contribution in [2.24, 2.45) is 5.41 Å². The molecular formula is C19H19NO2. The van der Waals surface area contributed by atoms with Gasteiger partial charge in [-0.1, -0.05) is 54.6 Å². The van der Waals surface area contributed by atoms with Crippen molar-refractivity contribution in [1.29, 1.82) is 0 Å². The average molecular weight is 293 g/mol. The normalized spacial score (nSPS) is 25.5. The molecule has 2 aromatic carbocycles. The van der Waals surface area contributed by atoms with Crippen LogP contribution in [0.2, 0.25) is 0 Å². The van der Waals surface area contributed by atoms with Crippen molar-refractivity contribution >= 4 is 11.6 Å². The van der Waals surface area contributed by atoms with Crippen LogP contribution in [0.15, 0.2) is 73.3 Å². The second kappa shape index (κ2) is 5.43. The van der Waals surface area contributed by atoms with Crippen molar-refractivity contribution in [3.63, 3.8) is 0 Å². The number of hydrogen-bond donors (Lipinski definition) is 1. The Morgan fingerprint density at radius 2 is 1.68 bits per heavy atom. The van der Waals surface area contributed by atoms with E-state index in [9.17, 15) is 9.90 Å². The predicted octanol–water partition coefficient (Wildman–Crippen LogP) is 3.33. The van der Waals surface area contributed by atoms with Gasteiger partial charge in [-0.25, -0.2) is 0 Å². The molecule has 0 aromatic heterocycles. The van der Waals surface area contributed by atoms with Crippen LogP contribution in [0.5, 0.6) is 0 Å². The molecule has 3 atom stereocenters. The first-order chi connectivity index (χ1) is 10.6. The second-order valence-electron chi connectivity index (χ2n) is 5.64. The largest absolute Gasteiger partial charge is 0.392 e. The highest BCUT2D eigenvalue weighted by Crippen LogP contribution is 2.54.